The summed E-state index contributed by atoms with van der Waals surface area (Å²) in [5.41, 5.74) is 0.971. The SMILES string of the molecule is Cc1nc(-c2cccc(C(=O)NC3(C(=O)O)CCSC3)c2)cs1. The molecule has 0 saturated carbocycles. The number of amides is 1. The highest BCUT2D eigenvalue weighted by Gasteiger charge is 2.43. The lowest BCUT2D eigenvalue weighted by atomic mass is 9.98. The summed E-state index contributed by atoms with van der Waals surface area (Å²) in [5.74, 6) is -0.185. The highest BCUT2D eigenvalue weighted by atomic mass is 32.2. The fourth-order valence-electron chi connectivity index (χ4n) is 2.49. The molecule has 1 amide bonds. The van der Waals surface area contributed by atoms with Crippen LogP contribution in [-0.4, -0.2) is 39.0 Å². The number of aromatic nitrogens is 1. The van der Waals surface area contributed by atoms with Crippen molar-refractivity contribution in [2.24, 2.45) is 0 Å². The largest absolute Gasteiger partial charge is 0.479 e. The van der Waals surface area contributed by atoms with Crippen molar-refractivity contribution in [3.8, 4) is 11.3 Å². The maximum Gasteiger partial charge on any atom is 0.330 e. The molecule has 1 aromatic heterocycles. The molecule has 1 aliphatic heterocycles. The lowest BCUT2D eigenvalue weighted by Crippen LogP contribution is -2.54. The first kappa shape index (κ1) is 16.0. The molecule has 3 rings (SSSR count). The van der Waals surface area contributed by atoms with E-state index < -0.39 is 11.5 Å². The second kappa shape index (κ2) is 6.33. The van der Waals surface area contributed by atoms with Gasteiger partial charge in [0.15, 0.2) is 0 Å². The van der Waals surface area contributed by atoms with E-state index in [9.17, 15) is 14.7 Å². The van der Waals surface area contributed by atoms with Crippen molar-refractivity contribution in [1.29, 1.82) is 0 Å². The number of carboxylic acids is 1. The molecule has 2 heterocycles. The Morgan fingerprint density at radius 2 is 2.22 bits per heavy atom. The number of thiazole rings is 1. The van der Waals surface area contributed by atoms with Crippen LogP contribution in [0.3, 0.4) is 0 Å². The van der Waals surface area contributed by atoms with Crippen LogP contribution in [0.5, 0.6) is 0 Å². The van der Waals surface area contributed by atoms with Gasteiger partial charge in [0, 0.05) is 22.3 Å². The Balaban J connectivity index is 1.84. The minimum Gasteiger partial charge on any atom is -0.479 e. The first-order valence-corrected chi connectivity index (χ1v) is 9.20. The molecule has 1 fully saturated rings. The monoisotopic (exact) mass is 348 g/mol. The molecule has 120 valence electrons. The van der Waals surface area contributed by atoms with Gasteiger partial charge in [-0.1, -0.05) is 12.1 Å². The zero-order valence-corrected chi connectivity index (χ0v) is 14.2. The highest BCUT2D eigenvalue weighted by Crippen LogP contribution is 2.29. The minimum atomic E-state index is -1.16. The summed E-state index contributed by atoms with van der Waals surface area (Å²) in [6.07, 6.45) is 0.448. The van der Waals surface area contributed by atoms with Crippen molar-refractivity contribution in [2.45, 2.75) is 18.9 Å². The molecular weight excluding hydrogens is 332 g/mol. The predicted octanol–water partition coefficient (Wildman–Crippen LogP) is 2.81. The third kappa shape index (κ3) is 3.25. The second-order valence-electron chi connectivity index (χ2n) is 5.48. The van der Waals surface area contributed by atoms with Gasteiger partial charge in [0.1, 0.15) is 5.54 Å². The van der Waals surface area contributed by atoms with Crippen molar-refractivity contribution in [1.82, 2.24) is 10.3 Å². The van der Waals surface area contributed by atoms with E-state index >= 15 is 0 Å². The first-order chi connectivity index (χ1) is 11.0. The average molecular weight is 348 g/mol. The van der Waals surface area contributed by atoms with Crippen LogP contribution in [0, 0.1) is 6.92 Å². The molecule has 2 N–H and O–H groups in total. The summed E-state index contributed by atoms with van der Waals surface area (Å²) >= 11 is 3.10. The van der Waals surface area contributed by atoms with Gasteiger partial charge in [0.05, 0.1) is 10.7 Å². The van der Waals surface area contributed by atoms with Crippen molar-refractivity contribution >= 4 is 35.0 Å². The van der Waals surface area contributed by atoms with Crippen molar-refractivity contribution < 1.29 is 14.7 Å². The van der Waals surface area contributed by atoms with E-state index in [2.05, 4.69) is 10.3 Å². The second-order valence-corrected chi connectivity index (χ2v) is 7.64. The van der Waals surface area contributed by atoms with Crippen LogP contribution >= 0.6 is 23.1 Å². The molecule has 1 atom stereocenters. The van der Waals surface area contributed by atoms with Gasteiger partial charge in [-0.05, 0) is 31.2 Å². The molecule has 1 aromatic carbocycles. The number of carbonyl (C=O) groups excluding carboxylic acids is 1. The zero-order chi connectivity index (χ0) is 16.4. The minimum absolute atomic E-state index is 0.358. The quantitative estimate of drug-likeness (QED) is 0.888. The standard InChI is InChI=1S/C16H16N2O3S2/c1-10-17-13(8-23-10)11-3-2-4-12(7-11)14(19)18-16(15(20)21)5-6-22-9-16/h2-4,7-8H,5-6,9H2,1H3,(H,18,19)(H,20,21). The molecule has 23 heavy (non-hydrogen) atoms. The average Bonchev–Trinajstić information content (AvgIpc) is 3.17. The van der Waals surface area contributed by atoms with Gasteiger partial charge in [-0.15, -0.1) is 11.3 Å². The van der Waals surface area contributed by atoms with Crippen LogP contribution in [0.2, 0.25) is 0 Å². The van der Waals surface area contributed by atoms with Gasteiger partial charge in [-0.3, -0.25) is 4.79 Å². The van der Waals surface area contributed by atoms with Gasteiger partial charge in [-0.2, -0.15) is 11.8 Å². The Morgan fingerprint density at radius 3 is 2.83 bits per heavy atom. The van der Waals surface area contributed by atoms with E-state index in [-0.39, 0.29) is 5.91 Å². The van der Waals surface area contributed by atoms with Crippen LogP contribution in [0.1, 0.15) is 21.8 Å². The van der Waals surface area contributed by atoms with E-state index in [0.29, 0.717) is 17.7 Å². The summed E-state index contributed by atoms with van der Waals surface area (Å²) in [5, 5.41) is 15.1. The zero-order valence-electron chi connectivity index (χ0n) is 12.5. The third-order valence-electron chi connectivity index (χ3n) is 3.82. The third-order valence-corrected chi connectivity index (χ3v) is 5.79. The topological polar surface area (TPSA) is 79.3 Å². The van der Waals surface area contributed by atoms with Crippen LogP contribution in [0.15, 0.2) is 29.6 Å². The van der Waals surface area contributed by atoms with Crippen LogP contribution in [0.4, 0.5) is 0 Å². The van der Waals surface area contributed by atoms with E-state index in [1.807, 2.05) is 18.4 Å². The summed E-state index contributed by atoms with van der Waals surface area (Å²) in [6.45, 7) is 1.93. The van der Waals surface area contributed by atoms with E-state index in [1.54, 1.807) is 41.3 Å². The number of carboxylic acid groups (broad SMARTS) is 1. The molecule has 1 saturated heterocycles. The molecule has 0 radical (unpaired) electrons. The lowest BCUT2D eigenvalue weighted by molar-refractivity contribution is -0.143. The first-order valence-electron chi connectivity index (χ1n) is 7.16. The van der Waals surface area contributed by atoms with Crippen LogP contribution < -0.4 is 5.32 Å². The van der Waals surface area contributed by atoms with Crippen molar-refractivity contribution in [2.75, 3.05) is 11.5 Å². The number of aliphatic carboxylic acids is 1. The van der Waals surface area contributed by atoms with E-state index in [4.69, 9.17) is 0 Å². The van der Waals surface area contributed by atoms with Crippen molar-refractivity contribution in [3.05, 3.63) is 40.2 Å². The maximum absolute atomic E-state index is 12.5. The van der Waals surface area contributed by atoms with Gasteiger partial charge in [0.25, 0.3) is 5.91 Å². The smallest absolute Gasteiger partial charge is 0.330 e. The number of thioether (sulfide) groups is 1. The molecule has 7 heteroatoms. The highest BCUT2D eigenvalue weighted by molar-refractivity contribution is 7.99. The van der Waals surface area contributed by atoms with E-state index in [1.165, 1.54) is 0 Å². The van der Waals surface area contributed by atoms with Crippen LogP contribution in [-0.2, 0) is 4.79 Å². The van der Waals surface area contributed by atoms with Gasteiger partial charge in [0.2, 0.25) is 0 Å². The fourth-order valence-corrected chi connectivity index (χ4v) is 4.44. The van der Waals surface area contributed by atoms with E-state index in [0.717, 1.165) is 22.0 Å². The lowest BCUT2D eigenvalue weighted by Gasteiger charge is -2.24. The maximum atomic E-state index is 12.5. The number of carbonyl (C=O) groups is 2. The Kier molecular flexibility index (Phi) is 4.41. The summed E-state index contributed by atoms with van der Waals surface area (Å²) < 4.78 is 0. The van der Waals surface area contributed by atoms with Gasteiger partial charge < -0.3 is 10.4 Å². The number of hydrogen-bond acceptors (Lipinski definition) is 5. The molecule has 0 spiro atoms. The number of hydrogen-bond donors (Lipinski definition) is 2. The summed E-state index contributed by atoms with van der Waals surface area (Å²) in [6, 6.07) is 7.12. The molecular formula is C16H16N2O3S2. The number of aryl methyl sites for hydroxylation is 1. The molecule has 2 aromatic rings. The summed E-state index contributed by atoms with van der Waals surface area (Å²) in [4.78, 5) is 28.5. The van der Waals surface area contributed by atoms with Gasteiger partial charge >= 0.3 is 5.97 Å². The molecule has 0 bridgehead atoms. The Hall–Kier alpha value is -1.86. The number of rotatable bonds is 4. The normalized spacial score (nSPS) is 20.4. The van der Waals surface area contributed by atoms with Crippen molar-refractivity contribution in [3.63, 3.8) is 0 Å². The number of benzene rings is 1. The predicted molar refractivity (Wildman–Crippen MR) is 92.1 cm³/mol. The Morgan fingerprint density at radius 1 is 1.39 bits per heavy atom. The molecule has 1 unspecified atom stereocenters. The molecule has 1 aliphatic rings. The Bertz CT molecular complexity index is 751. The van der Waals surface area contributed by atoms with Gasteiger partial charge in [-0.25, -0.2) is 9.78 Å². The number of nitrogens with one attached hydrogen (secondary N) is 1. The fraction of sp³-hybridized carbons (Fsp3) is 0.312. The summed E-state index contributed by atoms with van der Waals surface area (Å²) in [7, 11) is 0. The molecule has 0 aliphatic carbocycles. The Labute approximate surface area is 142 Å². The van der Waals surface area contributed by atoms with Crippen LogP contribution in [0.25, 0.3) is 11.3 Å². The number of nitrogens with zero attached hydrogens (tertiary/aromatic N) is 1. The molecule has 5 nitrogen and oxygen atoms in total.